The highest BCUT2D eigenvalue weighted by Crippen LogP contribution is 2.07. The molecule has 0 aromatic rings. The quantitative estimate of drug-likeness (QED) is 0.550. The first-order chi connectivity index (χ1) is 9.30. The van der Waals surface area contributed by atoms with Gasteiger partial charge in [-0.25, -0.2) is 9.86 Å². The van der Waals surface area contributed by atoms with Crippen LogP contribution in [0.25, 0.3) is 0 Å². The van der Waals surface area contributed by atoms with Crippen molar-refractivity contribution in [2.75, 3.05) is 20.2 Å². The van der Waals surface area contributed by atoms with Gasteiger partial charge in [0.05, 0.1) is 7.11 Å². The van der Waals surface area contributed by atoms with Crippen LogP contribution in [0.5, 0.6) is 0 Å². The smallest absolute Gasteiger partial charge is 0.407 e. The SMILES string of the molecule is CCN(OC)C(=O)CCCCCNC(=O)OC(C)(C)C. The molecule has 0 aromatic carbocycles. The molecule has 6 nitrogen and oxygen atoms in total. The van der Waals surface area contributed by atoms with Crippen LogP contribution in [0.15, 0.2) is 0 Å². The average molecular weight is 288 g/mol. The van der Waals surface area contributed by atoms with Gasteiger partial charge in [0.2, 0.25) is 5.91 Å². The summed E-state index contributed by atoms with van der Waals surface area (Å²) in [6.45, 7) is 8.46. The minimum absolute atomic E-state index is 0.00454. The van der Waals surface area contributed by atoms with Crippen LogP contribution in [0.1, 0.15) is 53.4 Å². The Morgan fingerprint density at radius 1 is 1.15 bits per heavy atom. The lowest BCUT2D eigenvalue weighted by Crippen LogP contribution is -2.33. The first-order valence-electron chi connectivity index (χ1n) is 7.11. The summed E-state index contributed by atoms with van der Waals surface area (Å²) >= 11 is 0. The van der Waals surface area contributed by atoms with Crippen LogP contribution < -0.4 is 5.32 Å². The molecule has 0 heterocycles. The number of hydrogen-bond donors (Lipinski definition) is 1. The predicted molar refractivity (Wildman–Crippen MR) is 77.1 cm³/mol. The molecule has 6 heteroatoms. The summed E-state index contributed by atoms with van der Waals surface area (Å²) in [5.74, 6) is -0.00454. The monoisotopic (exact) mass is 288 g/mol. The van der Waals surface area contributed by atoms with Crippen LogP contribution in [0.4, 0.5) is 4.79 Å². The lowest BCUT2D eigenvalue weighted by molar-refractivity contribution is -0.174. The molecule has 1 N–H and O–H groups in total. The fourth-order valence-electron chi connectivity index (χ4n) is 1.61. The van der Waals surface area contributed by atoms with Gasteiger partial charge in [0.1, 0.15) is 5.60 Å². The molecule has 0 fully saturated rings. The van der Waals surface area contributed by atoms with E-state index in [2.05, 4.69) is 5.32 Å². The van der Waals surface area contributed by atoms with E-state index in [-0.39, 0.29) is 5.91 Å². The van der Waals surface area contributed by atoms with Crippen molar-refractivity contribution in [3.8, 4) is 0 Å². The Labute approximate surface area is 121 Å². The predicted octanol–water partition coefficient (Wildman–Crippen LogP) is 2.48. The lowest BCUT2D eigenvalue weighted by Gasteiger charge is -2.19. The number of hydrogen-bond acceptors (Lipinski definition) is 4. The molecule has 0 unspecified atom stereocenters. The minimum atomic E-state index is -0.472. The topological polar surface area (TPSA) is 67.9 Å². The second-order valence-corrected chi connectivity index (χ2v) is 5.51. The van der Waals surface area contributed by atoms with Gasteiger partial charge in [-0.05, 0) is 40.5 Å². The Morgan fingerprint density at radius 2 is 1.80 bits per heavy atom. The van der Waals surface area contributed by atoms with E-state index in [1.165, 1.54) is 12.2 Å². The van der Waals surface area contributed by atoms with Crippen LogP contribution >= 0.6 is 0 Å². The molecule has 0 aliphatic heterocycles. The van der Waals surface area contributed by atoms with Crippen LogP contribution in [0, 0.1) is 0 Å². The molecule has 2 amide bonds. The Morgan fingerprint density at radius 3 is 2.30 bits per heavy atom. The van der Waals surface area contributed by atoms with Crippen molar-refractivity contribution in [3.05, 3.63) is 0 Å². The fourth-order valence-corrected chi connectivity index (χ4v) is 1.61. The molecule has 20 heavy (non-hydrogen) atoms. The maximum atomic E-state index is 11.6. The molecule has 0 radical (unpaired) electrons. The zero-order valence-electron chi connectivity index (χ0n) is 13.3. The highest BCUT2D eigenvalue weighted by atomic mass is 16.7. The van der Waals surface area contributed by atoms with E-state index in [1.54, 1.807) is 0 Å². The van der Waals surface area contributed by atoms with Crippen molar-refractivity contribution in [2.45, 2.75) is 59.0 Å². The Balaban J connectivity index is 3.59. The van der Waals surface area contributed by atoms with Crippen LogP contribution in [-0.4, -0.2) is 42.9 Å². The number of alkyl carbamates (subject to hydrolysis) is 1. The second-order valence-electron chi connectivity index (χ2n) is 5.51. The summed E-state index contributed by atoms with van der Waals surface area (Å²) < 4.78 is 5.12. The molecule has 0 aliphatic carbocycles. The van der Waals surface area contributed by atoms with Gasteiger partial charge in [0.15, 0.2) is 0 Å². The number of amides is 2. The van der Waals surface area contributed by atoms with Gasteiger partial charge in [-0.2, -0.15) is 0 Å². The number of carbonyl (C=O) groups excluding carboxylic acids is 2. The number of ether oxygens (including phenoxy) is 1. The molecular formula is C14H28N2O4. The highest BCUT2D eigenvalue weighted by Gasteiger charge is 2.15. The van der Waals surface area contributed by atoms with Crippen molar-refractivity contribution in [1.29, 1.82) is 0 Å². The third-order valence-electron chi connectivity index (χ3n) is 2.52. The third kappa shape index (κ3) is 9.61. The number of nitrogens with one attached hydrogen (secondary N) is 1. The fraction of sp³-hybridized carbons (Fsp3) is 0.857. The van der Waals surface area contributed by atoms with Crippen molar-refractivity contribution >= 4 is 12.0 Å². The van der Waals surface area contributed by atoms with Crippen molar-refractivity contribution < 1.29 is 19.2 Å². The van der Waals surface area contributed by atoms with Gasteiger partial charge in [0.25, 0.3) is 0 Å². The van der Waals surface area contributed by atoms with E-state index >= 15 is 0 Å². The summed E-state index contributed by atoms with van der Waals surface area (Å²) in [6, 6.07) is 0. The molecule has 118 valence electrons. The second kappa shape index (κ2) is 9.58. The Hall–Kier alpha value is -1.30. The van der Waals surface area contributed by atoms with E-state index in [0.717, 1.165) is 19.3 Å². The summed E-state index contributed by atoms with van der Waals surface area (Å²) in [7, 11) is 1.49. The summed E-state index contributed by atoms with van der Waals surface area (Å²) in [5.41, 5.74) is -0.472. The molecule has 0 spiro atoms. The molecule has 0 aliphatic rings. The molecule has 0 saturated heterocycles. The molecule has 0 saturated carbocycles. The van der Waals surface area contributed by atoms with Crippen molar-refractivity contribution in [2.24, 2.45) is 0 Å². The van der Waals surface area contributed by atoms with E-state index in [0.29, 0.717) is 19.5 Å². The zero-order chi connectivity index (χ0) is 15.6. The lowest BCUT2D eigenvalue weighted by atomic mass is 10.2. The van der Waals surface area contributed by atoms with E-state index in [4.69, 9.17) is 9.57 Å². The zero-order valence-corrected chi connectivity index (χ0v) is 13.3. The maximum absolute atomic E-state index is 11.6. The molecular weight excluding hydrogens is 260 g/mol. The standard InChI is InChI=1S/C14H28N2O4/c1-6-16(19-5)12(17)10-8-7-9-11-15-13(18)20-14(2,3)4/h6-11H2,1-5H3,(H,15,18). The molecule has 0 rings (SSSR count). The Bertz CT molecular complexity index is 296. The van der Waals surface area contributed by atoms with E-state index in [1.807, 2.05) is 27.7 Å². The minimum Gasteiger partial charge on any atom is -0.444 e. The van der Waals surface area contributed by atoms with Gasteiger partial charge >= 0.3 is 6.09 Å². The van der Waals surface area contributed by atoms with Gasteiger partial charge < -0.3 is 10.1 Å². The number of carbonyl (C=O) groups is 2. The van der Waals surface area contributed by atoms with Crippen molar-refractivity contribution in [1.82, 2.24) is 10.4 Å². The number of unbranched alkanes of at least 4 members (excludes halogenated alkanes) is 2. The van der Waals surface area contributed by atoms with Crippen molar-refractivity contribution in [3.63, 3.8) is 0 Å². The van der Waals surface area contributed by atoms with Gasteiger partial charge in [-0.1, -0.05) is 6.42 Å². The van der Waals surface area contributed by atoms with Crippen LogP contribution in [0.3, 0.4) is 0 Å². The molecule has 0 atom stereocenters. The highest BCUT2D eigenvalue weighted by molar-refractivity contribution is 5.74. The third-order valence-corrected chi connectivity index (χ3v) is 2.52. The van der Waals surface area contributed by atoms with Gasteiger partial charge in [0, 0.05) is 19.5 Å². The maximum Gasteiger partial charge on any atom is 0.407 e. The summed E-state index contributed by atoms with van der Waals surface area (Å²) in [6.07, 6.45) is 2.56. The number of hydroxylamine groups is 2. The van der Waals surface area contributed by atoms with E-state index in [9.17, 15) is 9.59 Å². The molecule has 0 aromatic heterocycles. The average Bonchev–Trinajstić information content (AvgIpc) is 2.32. The van der Waals surface area contributed by atoms with Gasteiger partial charge in [-0.15, -0.1) is 0 Å². The first kappa shape index (κ1) is 18.7. The number of rotatable bonds is 8. The van der Waals surface area contributed by atoms with Gasteiger partial charge in [-0.3, -0.25) is 9.63 Å². The summed E-state index contributed by atoms with van der Waals surface area (Å²) in [5, 5.41) is 4.04. The largest absolute Gasteiger partial charge is 0.444 e. The molecule has 0 bridgehead atoms. The normalized spacial score (nSPS) is 11.1. The number of nitrogens with zero attached hydrogens (tertiary/aromatic N) is 1. The van der Waals surface area contributed by atoms with Crippen LogP contribution in [-0.2, 0) is 14.4 Å². The first-order valence-corrected chi connectivity index (χ1v) is 7.11. The Kier molecular flexibility index (Phi) is 8.96. The van der Waals surface area contributed by atoms with Crippen LogP contribution in [0.2, 0.25) is 0 Å². The summed E-state index contributed by atoms with van der Waals surface area (Å²) in [4.78, 5) is 27.9. The van der Waals surface area contributed by atoms with E-state index < -0.39 is 11.7 Å².